The Labute approximate surface area is 90.6 Å². The quantitative estimate of drug-likeness (QED) is 0.586. The predicted molar refractivity (Wildman–Crippen MR) is 60.4 cm³/mol. The van der Waals surface area contributed by atoms with Crippen LogP contribution in [0.1, 0.15) is 5.69 Å². The van der Waals surface area contributed by atoms with Crippen LogP contribution in [0.2, 0.25) is 0 Å². The highest BCUT2D eigenvalue weighted by Crippen LogP contribution is 2.15. The fourth-order valence-corrected chi connectivity index (χ4v) is 1.97. The second-order valence-electron chi connectivity index (χ2n) is 3.41. The summed E-state index contributed by atoms with van der Waals surface area (Å²) in [6.45, 7) is 1.94. The Bertz CT molecular complexity index is 710. The molecule has 0 saturated carbocycles. The number of nitrogens with zero attached hydrogens (tertiary/aromatic N) is 3. The summed E-state index contributed by atoms with van der Waals surface area (Å²) < 4.78 is 2.50. The summed E-state index contributed by atoms with van der Waals surface area (Å²) >= 11 is 5.25. The number of aryl methyl sites for hydroxylation is 1. The van der Waals surface area contributed by atoms with E-state index in [1.54, 1.807) is 10.7 Å². The number of hydrogen-bond acceptors (Lipinski definition) is 3. The topological polar surface area (TPSA) is 46.0 Å². The van der Waals surface area contributed by atoms with Gasteiger partial charge in [0.1, 0.15) is 4.64 Å². The molecule has 0 aliphatic heterocycles. The van der Waals surface area contributed by atoms with Gasteiger partial charge in [-0.15, -0.1) is 0 Å². The monoisotopic (exact) mass is 216 g/mol. The van der Waals surface area contributed by atoms with Crippen LogP contribution in [0.4, 0.5) is 0 Å². The van der Waals surface area contributed by atoms with Crippen LogP contribution >= 0.6 is 12.2 Å². The average Bonchev–Trinajstić information content (AvgIpc) is 2.57. The average molecular weight is 216 g/mol. The molecule has 0 spiro atoms. The van der Waals surface area contributed by atoms with Crippen molar-refractivity contribution < 1.29 is 0 Å². The zero-order chi connectivity index (χ0) is 10.4. The molecule has 1 N–H and O–H groups in total. The van der Waals surface area contributed by atoms with Gasteiger partial charge in [-0.25, -0.2) is 14.5 Å². The van der Waals surface area contributed by atoms with E-state index >= 15 is 0 Å². The minimum absolute atomic E-state index is 0.718. The first-order valence-corrected chi connectivity index (χ1v) is 4.99. The maximum Gasteiger partial charge on any atom is 0.164 e. The van der Waals surface area contributed by atoms with Gasteiger partial charge in [0.15, 0.2) is 11.3 Å². The molecule has 0 bridgehead atoms. The molecule has 15 heavy (non-hydrogen) atoms. The largest absolute Gasteiger partial charge is 0.274 e. The summed E-state index contributed by atoms with van der Waals surface area (Å²) in [6.07, 6.45) is 1.74. The summed E-state index contributed by atoms with van der Waals surface area (Å²) in [6, 6.07) is 5.73. The van der Waals surface area contributed by atoms with E-state index in [1.807, 2.05) is 25.1 Å². The molecule has 74 valence electrons. The van der Waals surface area contributed by atoms with Crippen LogP contribution in [0.15, 0.2) is 24.4 Å². The maximum atomic E-state index is 5.25. The second-order valence-corrected chi connectivity index (χ2v) is 3.82. The minimum Gasteiger partial charge on any atom is -0.274 e. The number of H-pyrrole nitrogens is 1. The lowest BCUT2D eigenvalue weighted by Gasteiger charge is -1.95. The third kappa shape index (κ3) is 1.16. The molecule has 0 radical (unpaired) electrons. The van der Waals surface area contributed by atoms with E-state index in [9.17, 15) is 0 Å². The van der Waals surface area contributed by atoms with Gasteiger partial charge in [0.2, 0.25) is 0 Å². The highest BCUT2D eigenvalue weighted by atomic mass is 32.1. The van der Waals surface area contributed by atoms with Crippen LogP contribution in [0.5, 0.6) is 0 Å². The number of fused-ring (bicyclic) bond motifs is 3. The van der Waals surface area contributed by atoms with Crippen molar-refractivity contribution in [2.24, 2.45) is 0 Å². The van der Waals surface area contributed by atoms with Crippen LogP contribution < -0.4 is 0 Å². The third-order valence-electron chi connectivity index (χ3n) is 2.31. The molecular weight excluding hydrogens is 208 g/mol. The van der Waals surface area contributed by atoms with E-state index in [2.05, 4.69) is 15.1 Å². The molecular formula is C10H8N4S. The van der Waals surface area contributed by atoms with Crippen LogP contribution in [0, 0.1) is 11.6 Å². The molecule has 5 heteroatoms. The van der Waals surface area contributed by atoms with Gasteiger partial charge in [-0.1, -0.05) is 12.2 Å². The van der Waals surface area contributed by atoms with Gasteiger partial charge in [-0.3, -0.25) is 5.10 Å². The summed E-state index contributed by atoms with van der Waals surface area (Å²) in [4.78, 5) is 8.68. The Kier molecular flexibility index (Phi) is 1.63. The number of pyridine rings is 1. The molecule has 0 aliphatic carbocycles. The molecule has 3 aromatic heterocycles. The molecule has 0 fully saturated rings. The van der Waals surface area contributed by atoms with Gasteiger partial charge >= 0.3 is 0 Å². The smallest absolute Gasteiger partial charge is 0.164 e. The number of aromatic amines is 1. The fourth-order valence-electron chi connectivity index (χ4n) is 1.67. The molecule has 0 amide bonds. The van der Waals surface area contributed by atoms with Crippen molar-refractivity contribution >= 4 is 28.9 Å². The SMILES string of the molecule is Cc1cc(=S)n2[nH]c3ncccc3c2n1. The van der Waals surface area contributed by atoms with Crippen molar-refractivity contribution in [1.29, 1.82) is 0 Å². The number of aromatic nitrogens is 4. The standard InChI is InChI=1S/C10H8N4S/c1-6-5-8(15)14-10(12-6)7-3-2-4-11-9(7)13-14/h2-5H,1H3,(H,11,13). The highest BCUT2D eigenvalue weighted by molar-refractivity contribution is 7.71. The Hall–Kier alpha value is -1.75. The van der Waals surface area contributed by atoms with Crippen LogP contribution in [0.3, 0.4) is 0 Å². The Morgan fingerprint density at radius 3 is 3.20 bits per heavy atom. The van der Waals surface area contributed by atoms with Crippen molar-refractivity contribution in [3.05, 3.63) is 34.7 Å². The molecule has 3 aromatic rings. The third-order valence-corrected chi connectivity index (χ3v) is 2.61. The number of hydrogen-bond donors (Lipinski definition) is 1. The van der Waals surface area contributed by atoms with Crippen molar-refractivity contribution in [2.75, 3.05) is 0 Å². The number of nitrogens with one attached hydrogen (secondary N) is 1. The summed E-state index contributed by atoms with van der Waals surface area (Å²) in [5, 5.41) is 4.11. The molecule has 4 nitrogen and oxygen atoms in total. The minimum atomic E-state index is 0.718. The van der Waals surface area contributed by atoms with Gasteiger partial charge < -0.3 is 0 Å². The first-order chi connectivity index (χ1) is 7.25. The molecule has 0 saturated heterocycles. The first kappa shape index (κ1) is 8.55. The van der Waals surface area contributed by atoms with Crippen LogP contribution in [-0.4, -0.2) is 19.6 Å². The van der Waals surface area contributed by atoms with Crippen molar-refractivity contribution in [3.63, 3.8) is 0 Å². The van der Waals surface area contributed by atoms with Gasteiger partial charge in [0.05, 0.1) is 5.39 Å². The molecule has 0 aliphatic rings. The van der Waals surface area contributed by atoms with E-state index in [1.165, 1.54) is 0 Å². The van der Waals surface area contributed by atoms with E-state index in [4.69, 9.17) is 12.2 Å². The lowest BCUT2D eigenvalue weighted by Crippen LogP contribution is -1.93. The zero-order valence-electron chi connectivity index (χ0n) is 8.06. The zero-order valence-corrected chi connectivity index (χ0v) is 8.88. The van der Waals surface area contributed by atoms with E-state index in [0.29, 0.717) is 0 Å². The Morgan fingerprint density at radius 2 is 2.33 bits per heavy atom. The second kappa shape index (κ2) is 2.87. The fraction of sp³-hybridized carbons (Fsp3) is 0.100. The van der Waals surface area contributed by atoms with E-state index < -0.39 is 0 Å². The Balaban J connectivity index is 2.67. The normalized spacial score (nSPS) is 11.3. The van der Waals surface area contributed by atoms with Gasteiger partial charge in [0, 0.05) is 11.9 Å². The Morgan fingerprint density at radius 1 is 1.47 bits per heavy atom. The van der Waals surface area contributed by atoms with Crippen molar-refractivity contribution in [1.82, 2.24) is 19.6 Å². The molecule has 0 unspecified atom stereocenters. The van der Waals surface area contributed by atoms with Gasteiger partial charge in [-0.2, -0.15) is 0 Å². The van der Waals surface area contributed by atoms with E-state index in [-0.39, 0.29) is 0 Å². The van der Waals surface area contributed by atoms with Gasteiger partial charge in [0.25, 0.3) is 0 Å². The van der Waals surface area contributed by atoms with Crippen LogP contribution in [-0.2, 0) is 0 Å². The summed E-state index contributed by atoms with van der Waals surface area (Å²) in [7, 11) is 0. The van der Waals surface area contributed by atoms with Crippen molar-refractivity contribution in [2.45, 2.75) is 6.92 Å². The maximum absolute atomic E-state index is 5.25. The molecule has 0 aromatic carbocycles. The predicted octanol–water partition coefficient (Wildman–Crippen LogP) is 2.25. The molecule has 3 heterocycles. The van der Waals surface area contributed by atoms with Crippen LogP contribution in [0.25, 0.3) is 16.7 Å². The van der Waals surface area contributed by atoms with E-state index in [0.717, 1.165) is 27.0 Å². The molecule has 0 atom stereocenters. The number of rotatable bonds is 0. The lowest BCUT2D eigenvalue weighted by molar-refractivity contribution is 0.923. The van der Waals surface area contributed by atoms with Crippen molar-refractivity contribution in [3.8, 4) is 0 Å². The first-order valence-electron chi connectivity index (χ1n) is 4.59. The highest BCUT2D eigenvalue weighted by Gasteiger charge is 2.05. The van der Waals surface area contributed by atoms with Gasteiger partial charge in [-0.05, 0) is 25.1 Å². The summed E-state index contributed by atoms with van der Waals surface area (Å²) in [5.74, 6) is 0. The lowest BCUT2D eigenvalue weighted by atomic mass is 10.3. The summed E-state index contributed by atoms with van der Waals surface area (Å²) in [5.41, 5.74) is 2.56. The molecule has 3 rings (SSSR count).